The van der Waals surface area contributed by atoms with E-state index in [1.54, 1.807) is 6.07 Å². The third-order valence-corrected chi connectivity index (χ3v) is 5.68. The Hall–Kier alpha value is -1.55. The smallest absolute Gasteiger partial charge is 0.336 e. The van der Waals surface area contributed by atoms with Crippen molar-refractivity contribution in [3.8, 4) is 0 Å². The SMILES string of the molecule is O=C(O)c1cccc2c1C1OCCCC1C(C1CCCC1)N2. The van der Waals surface area contributed by atoms with Gasteiger partial charge in [0, 0.05) is 29.8 Å². The minimum Gasteiger partial charge on any atom is -0.478 e. The van der Waals surface area contributed by atoms with Crippen LogP contribution in [0, 0.1) is 11.8 Å². The van der Waals surface area contributed by atoms with Gasteiger partial charge in [0.2, 0.25) is 0 Å². The van der Waals surface area contributed by atoms with Gasteiger partial charge in [-0.1, -0.05) is 18.9 Å². The average Bonchev–Trinajstić information content (AvgIpc) is 3.07. The van der Waals surface area contributed by atoms with Crippen molar-refractivity contribution in [2.75, 3.05) is 11.9 Å². The van der Waals surface area contributed by atoms with Gasteiger partial charge < -0.3 is 15.2 Å². The lowest BCUT2D eigenvalue weighted by atomic mass is 9.74. The summed E-state index contributed by atoms with van der Waals surface area (Å²) in [6, 6.07) is 5.99. The minimum atomic E-state index is -0.856. The lowest BCUT2D eigenvalue weighted by Crippen LogP contribution is -2.45. The number of carboxylic acid groups (broad SMARTS) is 1. The maximum absolute atomic E-state index is 11.6. The third-order valence-electron chi connectivity index (χ3n) is 5.68. The van der Waals surface area contributed by atoms with E-state index < -0.39 is 5.97 Å². The van der Waals surface area contributed by atoms with Crippen LogP contribution >= 0.6 is 0 Å². The molecule has 2 N–H and O–H groups in total. The summed E-state index contributed by atoms with van der Waals surface area (Å²) in [5, 5.41) is 13.2. The number of carbonyl (C=O) groups is 1. The molecule has 1 aromatic rings. The third kappa shape index (κ3) is 2.21. The van der Waals surface area contributed by atoms with Crippen molar-refractivity contribution in [1.82, 2.24) is 0 Å². The molecule has 1 aliphatic carbocycles. The summed E-state index contributed by atoms with van der Waals surface area (Å²) in [5.41, 5.74) is 2.24. The number of ether oxygens (including phenoxy) is 1. The predicted octanol–water partition coefficient (Wildman–Crippen LogP) is 3.84. The zero-order valence-electron chi connectivity index (χ0n) is 12.8. The number of fused-ring (bicyclic) bond motifs is 3. The maximum atomic E-state index is 11.6. The molecule has 0 bridgehead atoms. The molecule has 3 unspecified atom stereocenters. The summed E-state index contributed by atoms with van der Waals surface area (Å²) in [7, 11) is 0. The van der Waals surface area contributed by atoms with Crippen LogP contribution < -0.4 is 5.32 Å². The molecule has 2 fully saturated rings. The molecule has 1 saturated carbocycles. The highest BCUT2D eigenvalue weighted by Crippen LogP contribution is 2.49. The number of hydrogen-bond donors (Lipinski definition) is 2. The Morgan fingerprint density at radius 2 is 2.00 bits per heavy atom. The van der Waals surface area contributed by atoms with Crippen LogP contribution in [-0.4, -0.2) is 23.7 Å². The van der Waals surface area contributed by atoms with Crippen LogP contribution in [0.25, 0.3) is 0 Å². The van der Waals surface area contributed by atoms with E-state index in [0.717, 1.165) is 30.7 Å². The van der Waals surface area contributed by atoms with Gasteiger partial charge in [0.25, 0.3) is 0 Å². The van der Waals surface area contributed by atoms with E-state index in [4.69, 9.17) is 4.74 Å². The molecule has 0 radical (unpaired) electrons. The first kappa shape index (κ1) is 14.1. The topological polar surface area (TPSA) is 58.6 Å². The van der Waals surface area contributed by atoms with Gasteiger partial charge in [-0.05, 0) is 43.7 Å². The van der Waals surface area contributed by atoms with Crippen molar-refractivity contribution < 1.29 is 14.6 Å². The second-order valence-electron chi connectivity index (χ2n) is 6.88. The van der Waals surface area contributed by atoms with E-state index in [1.165, 1.54) is 25.7 Å². The molecule has 4 nitrogen and oxygen atoms in total. The first-order valence-corrected chi connectivity index (χ1v) is 8.50. The van der Waals surface area contributed by atoms with Gasteiger partial charge in [-0.2, -0.15) is 0 Å². The highest BCUT2D eigenvalue weighted by Gasteiger charge is 2.44. The van der Waals surface area contributed by atoms with E-state index in [9.17, 15) is 9.90 Å². The minimum absolute atomic E-state index is 0.0529. The van der Waals surface area contributed by atoms with Gasteiger partial charge in [0.1, 0.15) is 0 Å². The fourth-order valence-corrected chi connectivity index (χ4v) is 4.72. The molecule has 1 aromatic carbocycles. The molecule has 118 valence electrons. The molecule has 4 rings (SSSR count). The molecule has 2 heterocycles. The molecule has 1 saturated heterocycles. The fourth-order valence-electron chi connectivity index (χ4n) is 4.72. The number of hydrogen-bond acceptors (Lipinski definition) is 3. The van der Waals surface area contributed by atoms with Crippen molar-refractivity contribution in [1.29, 1.82) is 0 Å². The van der Waals surface area contributed by atoms with Gasteiger partial charge in [-0.15, -0.1) is 0 Å². The molecule has 22 heavy (non-hydrogen) atoms. The van der Waals surface area contributed by atoms with Crippen molar-refractivity contribution in [3.05, 3.63) is 29.3 Å². The molecule has 0 spiro atoms. The Balaban J connectivity index is 1.77. The van der Waals surface area contributed by atoms with Gasteiger partial charge in [-0.3, -0.25) is 0 Å². The second-order valence-corrected chi connectivity index (χ2v) is 6.88. The highest BCUT2D eigenvalue weighted by molar-refractivity contribution is 5.92. The van der Waals surface area contributed by atoms with Crippen LogP contribution in [0.5, 0.6) is 0 Å². The molecular formula is C18H23NO3. The van der Waals surface area contributed by atoms with Crippen LogP contribution in [0.1, 0.15) is 60.6 Å². The summed E-state index contributed by atoms with van der Waals surface area (Å²) < 4.78 is 6.09. The molecule has 3 aliphatic rings. The van der Waals surface area contributed by atoms with Crippen molar-refractivity contribution in [3.63, 3.8) is 0 Å². The zero-order valence-corrected chi connectivity index (χ0v) is 12.8. The van der Waals surface area contributed by atoms with Gasteiger partial charge in [0.15, 0.2) is 0 Å². The lowest BCUT2D eigenvalue weighted by molar-refractivity contribution is -0.0442. The van der Waals surface area contributed by atoms with Crippen LogP contribution in [-0.2, 0) is 4.74 Å². The van der Waals surface area contributed by atoms with E-state index in [2.05, 4.69) is 5.32 Å². The number of carboxylic acids is 1. The number of nitrogens with one attached hydrogen (secondary N) is 1. The van der Waals surface area contributed by atoms with Crippen molar-refractivity contribution in [2.45, 2.75) is 50.7 Å². The van der Waals surface area contributed by atoms with Crippen LogP contribution in [0.2, 0.25) is 0 Å². The van der Waals surface area contributed by atoms with Crippen molar-refractivity contribution in [2.24, 2.45) is 11.8 Å². The predicted molar refractivity (Wildman–Crippen MR) is 84.2 cm³/mol. The van der Waals surface area contributed by atoms with E-state index >= 15 is 0 Å². The van der Waals surface area contributed by atoms with E-state index in [0.29, 0.717) is 23.4 Å². The monoisotopic (exact) mass is 301 g/mol. The molecule has 0 aromatic heterocycles. The molecule has 0 amide bonds. The lowest BCUT2D eigenvalue weighted by Gasteiger charge is -2.45. The highest BCUT2D eigenvalue weighted by atomic mass is 16.5. The zero-order chi connectivity index (χ0) is 15.1. The van der Waals surface area contributed by atoms with E-state index in [-0.39, 0.29) is 6.10 Å². The Morgan fingerprint density at radius 1 is 1.18 bits per heavy atom. The molecule has 4 heteroatoms. The number of rotatable bonds is 2. The number of aromatic carboxylic acids is 1. The van der Waals surface area contributed by atoms with Gasteiger partial charge in [0.05, 0.1) is 11.7 Å². The first-order valence-electron chi connectivity index (χ1n) is 8.50. The van der Waals surface area contributed by atoms with Gasteiger partial charge >= 0.3 is 5.97 Å². The number of benzene rings is 1. The van der Waals surface area contributed by atoms with Crippen LogP contribution in [0.15, 0.2) is 18.2 Å². The summed E-state index contributed by atoms with van der Waals surface area (Å²) in [6.07, 6.45) is 7.38. The first-order chi connectivity index (χ1) is 10.8. The summed E-state index contributed by atoms with van der Waals surface area (Å²) >= 11 is 0. The quantitative estimate of drug-likeness (QED) is 0.871. The summed E-state index contributed by atoms with van der Waals surface area (Å²) in [5.74, 6) is 0.256. The standard InChI is InChI=1S/C18H23NO3/c20-18(21)12-7-3-9-14-15(12)17-13(8-4-10-22-17)16(19-14)11-5-1-2-6-11/h3,7,9,11,13,16-17,19H,1-2,4-6,8,10H2,(H,20,21). The van der Waals surface area contributed by atoms with Crippen molar-refractivity contribution >= 4 is 11.7 Å². The Kier molecular flexibility index (Phi) is 3.57. The Morgan fingerprint density at radius 3 is 2.77 bits per heavy atom. The van der Waals surface area contributed by atoms with Crippen LogP contribution in [0.3, 0.4) is 0 Å². The molecule has 2 aliphatic heterocycles. The maximum Gasteiger partial charge on any atom is 0.336 e. The summed E-state index contributed by atoms with van der Waals surface area (Å²) in [4.78, 5) is 11.6. The Labute approximate surface area is 130 Å². The number of anilines is 1. The largest absolute Gasteiger partial charge is 0.478 e. The molecular weight excluding hydrogens is 278 g/mol. The van der Waals surface area contributed by atoms with Crippen LogP contribution in [0.4, 0.5) is 5.69 Å². The fraction of sp³-hybridized carbons (Fsp3) is 0.611. The van der Waals surface area contributed by atoms with Gasteiger partial charge in [-0.25, -0.2) is 4.79 Å². The average molecular weight is 301 g/mol. The Bertz CT molecular complexity index is 580. The summed E-state index contributed by atoms with van der Waals surface area (Å²) in [6.45, 7) is 0.742. The normalized spacial score (nSPS) is 31.2. The molecule has 3 atom stereocenters. The second kappa shape index (κ2) is 5.58. The van der Waals surface area contributed by atoms with E-state index in [1.807, 2.05) is 12.1 Å².